The number of nitrogens with two attached hydrogens (primary N) is 1. The highest BCUT2D eigenvalue weighted by molar-refractivity contribution is 8.26. The molecule has 44 valence electrons. The van der Waals surface area contributed by atoms with Crippen LogP contribution in [0.25, 0.3) is 0 Å². The van der Waals surface area contributed by atoms with Crippen molar-refractivity contribution in [2.24, 2.45) is 5.73 Å². The van der Waals surface area contributed by atoms with Gasteiger partial charge in [0.25, 0.3) is 5.24 Å². The molecule has 0 aromatic carbocycles. The Morgan fingerprint density at radius 2 is 2.50 bits per heavy atom. The fraction of sp³-hybridized carbons (Fsp3) is 0. The van der Waals surface area contributed by atoms with Crippen molar-refractivity contribution in [2.45, 2.75) is 0 Å². The third kappa shape index (κ3) is 0.894. The van der Waals surface area contributed by atoms with Gasteiger partial charge in [0.1, 0.15) is 0 Å². The average molecular weight is 130 g/mol. The molecule has 1 atom stereocenters. The Morgan fingerprint density at radius 3 is 2.75 bits per heavy atom. The molecule has 8 heavy (non-hydrogen) atoms. The fourth-order valence-corrected chi connectivity index (χ4v) is 1.18. The van der Waals surface area contributed by atoms with Crippen molar-refractivity contribution in [2.75, 3.05) is 0 Å². The molecule has 3 nitrogen and oxygen atoms in total. The predicted octanol–water partition coefficient (Wildman–Crippen LogP) is 0.168. The first-order chi connectivity index (χ1) is 3.80. The third-order valence-corrected chi connectivity index (χ3v) is 1.98. The van der Waals surface area contributed by atoms with E-state index >= 15 is 0 Å². The van der Waals surface area contributed by atoms with Crippen LogP contribution < -0.4 is 10.5 Å². The maximum atomic E-state index is 10.3. The maximum Gasteiger partial charge on any atom is 0.289 e. The van der Waals surface area contributed by atoms with Gasteiger partial charge in [0.05, 0.1) is 0 Å². The molecule has 0 spiro atoms. The normalized spacial score (nSPS) is 24.2. The lowest BCUT2D eigenvalue weighted by molar-refractivity contribution is 0.267. The van der Waals surface area contributed by atoms with E-state index in [0.29, 0.717) is 0 Å². The summed E-state index contributed by atoms with van der Waals surface area (Å²) in [6.45, 7) is 0. The number of nitrogens with one attached hydrogen (secondary N) is 1. The molecular formula is C4H6N2OS. The first kappa shape index (κ1) is 5.37. The van der Waals surface area contributed by atoms with Crippen LogP contribution in [-0.2, 0) is 0 Å². The van der Waals surface area contributed by atoms with E-state index in [0.717, 1.165) is 0 Å². The quantitative estimate of drug-likeness (QED) is 0.459. The maximum absolute atomic E-state index is 10.3. The molecule has 1 rings (SSSR count). The Hall–Kier alpha value is -0.770. The summed E-state index contributed by atoms with van der Waals surface area (Å²) in [5.41, 5.74) is 4.94. The Kier molecular flexibility index (Phi) is 1.34. The number of carbonyl (C=O) groups excluding carboxylic acids is 1. The highest BCUT2D eigenvalue weighted by Crippen LogP contribution is 2.08. The Labute approximate surface area is 49.6 Å². The van der Waals surface area contributed by atoms with Crippen LogP contribution in [0.5, 0.6) is 0 Å². The molecule has 1 unspecified atom stereocenters. The van der Waals surface area contributed by atoms with Gasteiger partial charge < -0.3 is 10.5 Å². The summed E-state index contributed by atoms with van der Waals surface area (Å²) in [5.74, 6) is 0. The van der Waals surface area contributed by atoms with Gasteiger partial charge in [0, 0.05) is 6.20 Å². The van der Waals surface area contributed by atoms with Crippen molar-refractivity contribution in [3.8, 4) is 0 Å². The van der Waals surface area contributed by atoms with Gasteiger partial charge in [-0.1, -0.05) is 0 Å². The first-order valence-corrected chi connectivity index (χ1v) is 3.38. The lowest BCUT2D eigenvalue weighted by atomic mass is 10.7. The van der Waals surface area contributed by atoms with Crippen LogP contribution >= 0.6 is 10.7 Å². The van der Waals surface area contributed by atoms with Crippen LogP contribution in [0.1, 0.15) is 0 Å². The van der Waals surface area contributed by atoms with E-state index in [2.05, 4.69) is 4.72 Å². The summed E-state index contributed by atoms with van der Waals surface area (Å²) in [4.78, 5) is 10.3. The topological polar surface area (TPSA) is 55.1 Å². The smallest absolute Gasteiger partial charge is 0.289 e. The molecule has 0 aliphatic carbocycles. The largest absolute Gasteiger partial charge is 0.360 e. The number of hydrogen-bond donors (Lipinski definition) is 2. The van der Waals surface area contributed by atoms with E-state index in [4.69, 9.17) is 5.73 Å². The van der Waals surface area contributed by atoms with Gasteiger partial charge in [-0.2, -0.15) is 0 Å². The van der Waals surface area contributed by atoms with Crippen LogP contribution in [0, 0.1) is 0 Å². The molecular weight excluding hydrogens is 124 g/mol. The second-order valence-electron chi connectivity index (χ2n) is 1.27. The van der Waals surface area contributed by atoms with Crippen molar-refractivity contribution in [3.63, 3.8) is 0 Å². The van der Waals surface area contributed by atoms with Crippen LogP contribution in [0.3, 0.4) is 0 Å². The Bertz CT molecular complexity index is 173. The predicted molar refractivity (Wildman–Crippen MR) is 35.5 cm³/mol. The number of primary amides is 1. The Balaban J connectivity index is 2.64. The highest BCUT2D eigenvalue weighted by Gasteiger charge is 1.99. The highest BCUT2D eigenvalue weighted by atomic mass is 32.2. The molecule has 3 N–H and O–H groups in total. The van der Waals surface area contributed by atoms with Gasteiger partial charge in [0.2, 0.25) is 0 Å². The van der Waals surface area contributed by atoms with Crippen molar-refractivity contribution in [1.82, 2.24) is 4.72 Å². The zero-order valence-corrected chi connectivity index (χ0v) is 4.94. The summed E-state index contributed by atoms with van der Waals surface area (Å²) < 4.78 is 2.77. The summed E-state index contributed by atoms with van der Waals surface area (Å²) in [5, 5.41) is 1.43. The third-order valence-electron chi connectivity index (χ3n) is 0.723. The SMILES string of the molecule is NC(=O)S1=CC=CN1. The standard InChI is InChI=1S/C4H6N2OS/c5-4(7)8-3-1-2-6-8/h1-3,6H,(H2,5,7). The molecule has 0 aromatic heterocycles. The number of hydrogen-bond acceptors (Lipinski definition) is 2. The second kappa shape index (κ2) is 2.00. The summed E-state index contributed by atoms with van der Waals surface area (Å²) in [6, 6.07) is 0. The lowest BCUT2D eigenvalue weighted by Gasteiger charge is -1.94. The first-order valence-electron chi connectivity index (χ1n) is 2.09. The van der Waals surface area contributed by atoms with Crippen molar-refractivity contribution < 1.29 is 4.79 Å². The van der Waals surface area contributed by atoms with Crippen molar-refractivity contribution in [3.05, 3.63) is 12.3 Å². The lowest BCUT2D eigenvalue weighted by Crippen LogP contribution is -2.10. The zero-order chi connectivity index (χ0) is 5.98. The van der Waals surface area contributed by atoms with Gasteiger partial charge in [-0.3, -0.25) is 4.79 Å². The minimum atomic E-state index is -0.526. The van der Waals surface area contributed by atoms with Crippen molar-refractivity contribution in [1.29, 1.82) is 0 Å². The van der Waals surface area contributed by atoms with Crippen LogP contribution in [-0.4, -0.2) is 10.6 Å². The molecule has 0 bridgehead atoms. The molecule has 1 aliphatic heterocycles. The summed E-state index contributed by atoms with van der Waals surface area (Å²) in [7, 11) is -0.526. The number of amides is 1. The second-order valence-corrected chi connectivity index (χ2v) is 2.86. The minimum absolute atomic E-state index is 0.310. The van der Waals surface area contributed by atoms with Crippen LogP contribution in [0.15, 0.2) is 12.3 Å². The number of allylic oxidation sites excluding steroid dienone is 1. The molecule has 1 heterocycles. The van der Waals surface area contributed by atoms with E-state index in [1.54, 1.807) is 17.6 Å². The van der Waals surface area contributed by atoms with E-state index in [1.165, 1.54) is 0 Å². The van der Waals surface area contributed by atoms with Gasteiger partial charge in [0.15, 0.2) is 0 Å². The zero-order valence-electron chi connectivity index (χ0n) is 4.13. The van der Waals surface area contributed by atoms with Crippen molar-refractivity contribution >= 4 is 21.3 Å². The molecule has 0 saturated heterocycles. The monoisotopic (exact) mass is 130 g/mol. The molecule has 1 aliphatic rings. The van der Waals surface area contributed by atoms with Gasteiger partial charge >= 0.3 is 0 Å². The molecule has 0 radical (unpaired) electrons. The molecule has 1 amide bonds. The van der Waals surface area contributed by atoms with Gasteiger partial charge in [-0.15, -0.1) is 0 Å². The molecule has 0 fully saturated rings. The minimum Gasteiger partial charge on any atom is -0.360 e. The van der Waals surface area contributed by atoms with Crippen LogP contribution in [0.4, 0.5) is 4.79 Å². The average Bonchev–Trinajstić information content (AvgIpc) is 2.12. The van der Waals surface area contributed by atoms with E-state index in [-0.39, 0.29) is 5.24 Å². The number of rotatable bonds is 0. The van der Waals surface area contributed by atoms with Gasteiger partial charge in [-0.05, 0) is 22.1 Å². The fourth-order valence-electron chi connectivity index (χ4n) is 0.395. The number of carbonyl (C=O) groups is 1. The van der Waals surface area contributed by atoms with Gasteiger partial charge in [-0.25, -0.2) is 0 Å². The molecule has 0 saturated carbocycles. The van der Waals surface area contributed by atoms with Crippen LogP contribution in [0.2, 0.25) is 0 Å². The van der Waals surface area contributed by atoms with E-state index in [9.17, 15) is 4.79 Å². The molecule has 4 heteroatoms. The summed E-state index contributed by atoms with van der Waals surface area (Å²) in [6.07, 6.45) is 3.47. The summed E-state index contributed by atoms with van der Waals surface area (Å²) >= 11 is 0. The van der Waals surface area contributed by atoms with E-state index in [1.807, 2.05) is 0 Å². The van der Waals surface area contributed by atoms with E-state index < -0.39 is 10.7 Å². The Morgan fingerprint density at radius 1 is 1.75 bits per heavy atom. The molecule has 0 aromatic rings.